The number of hydrogen-bond donors (Lipinski definition) is 1. The Morgan fingerprint density at radius 2 is 1.56 bits per heavy atom. The lowest BCUT2D eigenvalue weighted by molar-refractivity contribution is -0.375. The summed E-state index contributed by atoms with van der Waals surface area (Å²) in [6, 6.07) is 4.57. The number of H-pyrrole nitrogens is 2. The van der Waals surface area contributed by atoms with Crippen molar-refractivity contribution in [2.24, 2.45) is 0 Å². The first-order valence-corrected chi connectivity index (χ1v) is 10.2. The highest BCUT2D eigenvalue weighted by Crippen LogP contribution is 2.46. The molecule has 0 unspecified atom stereocenters. The number of nitrogens with one attached hydrogen (secondary N) is 2. The lowest BCUT2D eigenvalue weighted by atomic mass is 10.0. The molecule has 4 rings (SSSR count). The van der Waals surface area contributed by atoms with Crippen molar-refractivity contribution >= 4 is 10.9 Å². The second kappa shape index (κ2) is 9.36. The summed E-state index contributed by atoms with van der Waals surface area (Å²) in [5.41, 5.74) is -2.34. The van der Waals surface area contributed by atoms with E-state index in [1.54, 1.807) is 0 Å². The molecule has 7 nitrogen and oxygen atoms in total. The van der Waals surface area contributed by atoms with Crippen LogP contribution >= 0.6 is 0 Å². The molecule has 0 bridgehead atoms. The van der Waals surface area contributed by atoms with Gasteiger partial charge in [-0.25, -0.2) is 13.8 Å². The number of aromatic amines is 2. The maximum atomic E-state index is 14.7. The van der Waals surface area contributed by atoms with Crippen LogP contribution in [0.4, 0.5) is 22.0 Å². The van der Waals surface area contributed by atoms with Gasteiger partial charge < -0.3 is 23.9 Å². The number of aromatic nitrogens is 2. The average Bonchev–Trinajstić information content (AvgIpc) is 2.84. The fourth-order valence-electron chi connectivity index (χ4n) is 3.69. The van der Waals surface area contributed by atoms with Crippen LogP contribution in [0.3, 0.4) is 0 Å². The summed E-state index contributed by atoms with van der Waals surface area (Å²) in [6.45, 7) is 0. The minimum atomic E-state index is -5.07. The molecule has 36 heavy (non-hydrogen) atoms. The monoisotopic (exact) mass is 509 g/mol. The molecule has 0 spiro atoms. The maximum Gasteiger partial charge on any atom is 0.419 e. The number of alkyl halides is 3. The molecule has 0 aliphatic rings. The molecule has 2 aromatic carbocycles. The average molecular weight is 509 g/mol. The quantitative estimate of drug-likeness (QED) is 0.365. The minimum absolute atomic E-state index is 0.142. The Bertz CT molecular complexity index is 1520. The predicted molar refractivity (Wildman–Crippen MR) is 118 cm³/mol. The third-order valence-corrected chi connectivity index (χ3v) is 5.31. The van der Waals surface area contributed by atoms with Crippen molar-refractivity contribution in [1.82, 2.24) is 4.98 Å². The van der Waals surface area contributed by atoms with Crippen LogP contribution in [0.5, 0.6) is 28.7 Å². The van der Waals surface area contributed by atoms with Gasteiger partial charge in [-0.15, -0.1) is 0 Å². The zero-order chi connectivity index (χ0) is 26.2. The van der Waals surface area contributed by atoms with Crippen molar-refractivity contribution < 1.29 is 45.9 Å². The zero-order valence-corrected chi connectivity index (χ0v) is 19.0. The Kier molecular flexibility index (Phi) is 6.44. The van der Waals surface area contributed by atoms with Gasteiger partial charge in [0.05, 0.1) is 38.1 Å². The number of fused-ring (bicyclic) bond motifs is 1. The Labute approximate surface area is 200 Å². The van der Waals surface area contributed by atoms with Gasteiger partial charge in [0, 0.05) is 11.6 Å². The van der Waals surface area contributed by atoms with Crippen molar-refractivity contribution in [1.29, 1.82) is 0 Å². The molecule has 0 fully saturated rings. The van der Waals surface area contributed by atoms with Gasteiger partial charge in [0.2, 0.25) is 16.9 Å². The first kappa shape index (κ1) is 24.8. The van der Waals surface area contributed by atoms with E-state index in [0.717, 1.165) is 19.2 Å². The van der Waals surface area contributed by atoms with Gasteiger partial charge in [0.15, 0.2) is 29.7 Å². The molecule has 0 atom stereocenters. The molecule has 2 N–H and O–H groups in total. The largest absolute Gasteiger partial charge is 0.491 e. The topological polar surface area (TPSA) is 83.9 Å². The molecule has 0 aliphatic heterocycles. The van der Waals surface area contributed by atoms with E-state index in [1.807, 2.05) is 0 Å². The fourth-order valence-corrected chi connectivity index (χ4v) is 3.69. The van der Waals surface area contributed by atoms with Gasteiger partial charge in [0.25, 0.3) is 0 Å². The highest BCUT2D eigenvalue weighted by molar-refractivity contribution is 5.85. The summed E-state index contributed by atoms with van der Waals surface area (Å²) < 4.78 is 90.6. The van der Waals surface area contributed by atoms with Gasteiger partial charge in [-0.2, -0.15) is 13.2 Å². The third kappa shape index (κ3) is 4.25. The molecule has 2 aromatic heterocycles. The van der Waals surface area contributed by atoms with Crippen LogP contribution in [-0.2, 0) is 6.18 Å². The summed E-state index contributed by atoms with van der Waals surface area (Å²) in [6.07, 6.45) is -2.15. The van der Waals surface area contributed by atoms with Crippen molar-refractivity contribution in [3.05, 3.63) is 70.1 Å². The smallest absolute Gasteiger partial charge is 0.419 e. The van der Waals surface area contributed by atoms with Gasteiger partial charge >= 0.3 is 6.18 Å². The van der Waals surface area contributed by atoms with Crippen LogP contribution in [0.15, 0.2) is 47.5 Å². The molecular formula is C24H18F5N2O5+. The Hall–Kier alpha value is -4.35. The van der Waals surface area contributed by atoms with Gasteiger partial charge in [-0.05, 0) is 24.3 Å². The summed E-state index contributed by atoms with van der Waals surface area (Å²) in [4.78, 5) is 18.6. The SMILES string of the molecule is COc1c(F)ccc(Oc2cc(C(F)(F)F)c(F)cc2-c2[nH]c3cc[nH+]cc3c(=O)c2OC)c1OC. The number of rotatable bonds is 6. The summed E-state index contributed by atoms with van der Waals surface area (Å²) in [5.74, 6) is -4.08. The van der Waals surface area contributed by atoms with Gasteiger partial charge in [-0.1, -0.05) is 0 Å². The lowest BCUT2D eigenvalue weighted by Crippen LogP contribution is -2.13. The Balaban J connectivity index is 2.03. The maximum absolute atomic E-state index is 14.7. The molecule has 188 valence electrons. The van der Waals surface area contributed by atoms with Crippen LogP contribution in [0.1, 0.15) is 5.56 Å². The highest BCUT2D eigenvalue weighted by Gasteiger charge is 2.36. The zero-order valence-electron chi connectivity index (χ0n) is 19.0. The standard InChI is InChI=1S/C24H17F5N2O5/c1-33-21-14(25)4-5-17(22(21)34-2)36-18-9-13(24(27,28)29)15(26)8-11(18)19-23(35-3)20(32)12-10-30-7-6-16(12)31-19/h4-10H,1-3H3,(H,31,32)/p+1. The summed E-state index contributed by atoms with van der Waals surface area (Å²) >= 11 is 0. The van der Waals surface area contributed by atoms with E-state index in [2.05, 4.69) is 9.97 Å². The molecule has 12 heteroatoms. The number of halogens is 5. The van der Waals surface area contributed by atoms with Gasteiger partial charge in [-0.3, -0.25) is 4.79 Å². The molecule has 0 radical (unpaired) electrons. The van der Waals surface area contributed by atoms with Gasteiger partial charge in [0.1, 0.15) is 17.0 Å². The van der Waals surface area contributed by atoms with E-state index in [1.165, 1.54) is 32.7 Å². The number of methoxy groups -OCH3 is 3. The molecule has 0 saturated heterocycles. The van der Waals surface area contributed by atoms with E-state index in [-0.39, 0.29) is 39.6 Å². The molecule has 0 aliphatic carbocycles. The third-order valence-electron chi connectivity index (χ3n) is 5.31. The molecular weight excluding hydrogens is 491 g/mol. The lowest BCUT2D eigenvalue weighted by Gasteiger charge is -2.19. The van der Waals surface area contributed by atoms with Crippen LogP contribution < -0.4 is 29.4 Å². The number of hydrogen-bond acceptors (Lipinski definition) is 5. The van der Waals surface area contributed by atoms with Crippen molar-refractivity contribution in [2.75, 3.05) is 21.3 Å². The number of pyridine rings is 2. The van der Waals surface area contributed by atoms with E-state index in [9.17, 15) is 26.7 Å². The van der Waals surface area contributed by atoms with Crippen LogP contribution in [0.2, 0.25) is 0 Å². The number of ether oxygens (including phenoxy) is 4. The molecule has 0 saturated carbocycles. The van der Waals surface area contributed by atoms with Crippen LogP contribution in [0, 0.1) is 11.6 Å². The van der Waals surface area contributed by atoms with Crippen molar-refractivity contribution in [2.45, 2.75) is 6.18 Å². The minimum Gasteiger partial charge on any atom is -0.491 e. The van der Waals surface area contributed by atoms with Crippen LogP contribution in [0.25, 0.3) is 22.2 Å². The second-order valence-corrected chi connectivity index (χ2v) is 7.37. The van der Waals surface area contributed by atoms with E-state index >= 15 is 0 Å². The van der Waals surface area contributed by atoms with Crippen molar-refractivity contribution in [3.8, 4) is 40.0 Å². The second-order valence-electron chi connectivity index (χ2n) is 7.37. The predicted octanol–water partition coefficient (Wildman–Crippen LogP) is 5.12. The first-order valence-electron chi connectivity index (χ1n) is 10.2. The molecule has 4 aromatic rings. The number of benzene rings is 2. The summed E-state index contributed by atoms with van der Waals surface area (Å²) in [7, 11) is 3.52. The molecule has 0 amide bonds. The van der Waals surface area contributed by atoms with E-state index in [4.69, 9.17) is 18.9 Å². The Morgan fingerprint density at radius 1 is 0.861 bits per heavy atom. The molecule has 2 heterocycles. The highest BCUT2D eigenvalue weighted by atomic mass is 19.4. The van der Waals surface area contributed by atoms with Crippen molar-refractivity contribution in [3.63, 3.8) is 0 Å². The first-order chi connectivity index (χ1) is 17.1. The normalized spacial score (nSPS) is 11.4. The Morgan fingerprint density at radius 3 is 2.19 bits per heavy atom. The van der Waals surface area contributed by atoms with Crippen LogP contribution in [-0.4, -0.2) is 26.3 Å². The summed E-state index contributed by atoms with van der Waals surface area (Å²) in [5, 5.41) is 0.192. The fraction of sp³-hybridized carbons (Fsp3) is 0.167. The van der Waals surface area contributed by atoms with E-state index < -0.39 is 34.6 Å². The van der Waals surface area contributed by atoms with E-state index in [0.29, 0.717) is 17.6 Å².